The highest BCUT2D eigenvalue weighted by Gasteiger charge is 2.38. The van der Waals surface area contributed by atoms with Gasteiger partial charge < -0.3 is 5.32 Å². The molecule has 112 valence electrons. The zero-order valence-corrected chi connectivity index (χ0v) is 13.5. The molecule has 0 radical (unpaired) electrons. The molecule has 0 aromatic heterocycles. The molecule has 5 atom stereocenters. The van der Waals surface area contributed by atoms with Crippen molar-refractivity contribution in [1.82, 2.24) is 10.2 Å². The summed E-state index contributed by atoms with van der Waals surface area (Å²) in [6.45, 7) is 13.3. The third-order valence-corrected chi connectivity index (χ3v) is 5.44. The van der Waals surface area contributed by atoms with Crippen LogP contribution in [0.1, 0.15) is 59.8 Å². The molecule has 0 bridgehead atoms. The maximum Gasteiger partial charge on any atom is 0.0275 e. The van der Waals surface area contributed by atoms with E-state index in [9.17, 15) is 0 Å². The number of hydrogen-bond donors (Lipinski definition) is 1. The van der Waals surface area contributed by atoms with Crippen molar-refractivity contribution in [3.05, 3.63) is 0 Å². The first-order chi connectivity index (χ1) is 9.15. The third-order valence-electron chi connectivity index (χ3n) is 5.44. The molecule has 0 aromatic rings. The van der Waals surface area contributed by atoms with Crippen LogP contribution >= 0.6 is 0 Å². The van der Waals surface area contributed by atoms with E-state index in [-0.39, 0.29) is 0 Å². The van der Waals surface area contributed by atoms with Gasteiger partial charge in [-0.1, -0.05) is 34.1 Å². The Hall–Kier alpha value is -0.0800. The van der Waals surface area contributed by atoms with Gasteiger partial charge in [-0.05, 0) is 56.5 Å². The van der Waals surface area contributed by atoms with Gasteiger partial charge in [0.2, 0.25) is 0 Å². The maximum atomic E-state index is 3.78. The van der Waals surface area contributed by atoms with Crippen molar-refractivity contribution in [2.75, 3.05) is 19.6 Å². The van der Waals surface area contributed by atoms with E-state index in [2.05, 4.69) is 37.9 Å². The standard InChI is InChI=1S/C17H34N2/c1-5-15-8-7-9-19(12-15)17-14(4)10-13(3)11-16(17)18-6-2/h13-18H,5-12H2,1-4H3. The lowest BCUT2D eigenvalue weighted by atomic mass is 9.75. The van der Waals surface area contributed by atoms with E-state index in [1.165, 1.54) is 45.2 Å². The molecule has 0 aromatic carbocycles. The van der Waals surface area contributed by atoms with Crippen molar-refractivity contribution in [1.29, 1.82) is 0 Å². The topological polar surface area (TPSA) is 15.3 Å². The van der Waals surface area contributed by atoms with E-state index in [4.69, 9.17) is 0 Å². The molecule has 19 heavy (non-hydrogen) atoms. The number of likely N-dealkylation sites (N-methyl/N-ethyl adjacent to an activating group) is 1. The lowest BCUT2D eigenvalue weighted by Gasteiger charge is -2.48. The first-order valence-electron chi connectivity index (χ1n) is 8.63. The minimum atomic E-state index is 0.722. The smallest absolute Gasteiger partial charge is 0.0275 e. The fourth-order valence-corrected chi connectivity index (χ4v) is 4.62. The highest BCUT2D eigenvalue weighted by atomic mass is 15.2. The quantitative estimate of drug-likeness (QED) is 0.837. The number of likely N-dealkylation sites (tertiary alicyclic amines) is 1. The molecule has 2 heteroatoms. The number of rotatable bonds is 4. The van der Waals surface area contributed by atoms with E-state index in [0.29, 0.717) is 0 Å². The Kier molecular flexibility index (Phi) is 5.70. The van der Waals surface area contributed by atoms with Crippen LogP contribution in [0.5, 0.6) is 0 Å². The molecule has 2 aliphatic rings. The summed E-state index contributed by atoms with van der Waals surface area (Å²) >= 11 is 0. The SMILES string of the molecule is CCNC1CC(C)CC(C)C1N1CCCC(CC)C1. The molecule has 1 N–H and O–H groups in total. The predicted molar refractivity (Wildman–Crippen MR) is 83.4 cm³/mol. The van der Waals surface area contributed by atoms with Crippen molar-refractivity contribution in [3.8, 4) is 0 Å². The lowest BCUT2D eigenvalue weighted by Crippen LogP contribution is -2.58. The van der Waals surface area contributed by atoms with Crippen molar-refractivity contribution in [2.24, 2.45) is 17.8 Å². The molecule has 1 aliphatic carbocycles. The van der Waals surface area contributed by atoms with Gasteiger partial charge in [-0.3, -0.25) is 4.90 Å². The molecular formula is C17H34N2. The fraction of sp³-hybridized carbons (Fsp3) is 1.00. The second-order valence-electron chi connectivity index (χ2n) is 7.12. The Balaban J connectivity index is 2.04. The first kappa shape index (κ1) is 15.3. The van der Waals surface area contributed by atoms with Crippen LogP contribution in [0.25, 0.3) is 0 Å². The summed E-state index contributed by atoms with van der Waals surface area (Å²) in [7, 11) is 0. The second-order valence-corrected chi connectivity index (χ2v) is 7.12. The average Bonchev–Trinajstić information content (AvgIpc) is 2.38. The maximum absolute atomic E-state index is 3.78. The molecule has 1 heterocycles. The molecule has 1 saturated heterocycles. The molecule has 0 amide bonds. The van der Waals surface area contributed by atoms with Crippen molar-refractivity contribution < 1.29 is 0 Å². The van der Waals surface area contributed by atoms with Crippen LogP contribution in [0, 0.1) is 17.8 Å². The van der Waals surface area contributed by atoms with Crippen LogP contribution in [0.3, 0.4) is 0 Å². The van der Waals surface area contributed by atoms with Crippen LogP contribution in [-0.4, -0.2) is 36.6 Å². The number of nitrogens with one attached hydrogen (secondary N) is 1. The average molecular weight is 266 g/mol. The largest absolute Gasteiger partial charge is 0.313 e. The van der Waals surface area contributed by atoms with Crippen molar-refractivity contribution >= 4 is 0 Å². The zero-order chi connectivity index (χ0) is 13.8. The van der Waals surface area contributed by atoms with Gasteiger partial charge in [0.25, 0.3) is 0 Å². The number of nitrogens with zero attached hydrogens (tertiary/aromatic N) is 1. The van der Waals surface area contributed by atoms with Gasteiger partial charge in [0.15, 0.2) is 0 Å². The Morgan fingerprint density at radius 1 is 1.16 bits per heavy atom. The van der Waals surface area contributed by atoms with Gasteiger partial charge in [-0.15, -0.1) is 0 Å². The highest BCUT2D eigenvalue weighted by Crippen LogP contribution is 2.34. The monoisotopic (exact) mass is 266 g/mol. The van der Waals surface area contributed by atoms with E-state index in [1.54, 1.807) is 0 Å². The first-order valence-corrected chi connectivity index (χ1v) is 8.63. The summed E-state index contributed by atoms with van der Waals surface area (Å²) in [5.74, 6) is 2.69. The van der Waals surface area contributed by atoms with Gasteiger partial charge in [-0.25, -0.2) is 0 Å². The Morgan fingerprint density at radius 3 is 2.63 bits per heavy atom. The molecule has 2 nitrogen and oxygen atoms in total. The van der Waals surface area contributed by atoms with Crippen molar-refractivity contribution in [3.63, 3.8) is 0 Å². The summed E-state index contributed by atoms with van der Waals surface area (Å²) in [5, 5.41) is 3.78. The minimum Gasteiger partial charge on any atom is -0.313 e. The lowest BCUT2D eigenvalue weighted by molar-refractivity contribution is 0.0308. The Labute approximate surface area is 120 Å². The molecule has 5 unspecified atom stereocenters. The van der Waals surface area contributed by atoms with E-state index in [0.717, 1.165) is 36.4 Å². The van der Waals surface area contributed by atoms with Crippen LogP contribution in [0.4, 0.5) is 0 Å². The summed E-state index contributed by atoms with van der Waals surface area (Å²) < 4.78 is 0. The van der Waals surface area contributed by atoms with Gasteiger partial charge in [0.1, 0.15) is 0 Å². The van der Waals surface area contributed by atoms with Crippen LogP contribution in [0.15, 0.2) is 0 Å². The molecule has 2 fully saturated rings. The minimum absolute atomic E-state index is 0.722. The molecule has 1 saturated carbocycles. The summed E-state index contributed by atoms with van der Waals surface area (Å²) in [6, 6.07) is 1.50. The van der Waals surface area contributed by atoms with Crippen LogP contribution in [0.2, 0.25) is 0 Å². The van der Waals surface area contributed by atoms with Crippen LogP contribution < -0.4 is 5.32 Å². The van der Waals surface area contributed by atoms with E-state index >= 15 is 0 Å². The van der Waals surface area contributed by atoms with Gasteiger partial charge in [0.05, 0.1) is 0 Å². The second kappa shape index (κ2) is 7.08. The zero-order valence-electron chi connectivity index (χ0n) is 13.5. The van der Waals surface area contributed by atoms with Gasteiger partial charge >= 0.3 is 0 Å². The number of hydrogen-bond acceptors (Lipinski definition) is 2. The Bertz CT molecular complexity index is 266. The molecule has 1 aliphatic heterocycles. The van der Waals surface area contributed by atoms with Crippen molar-refractivity contribution in [2.45, 2.75) is 71.9 Å². The van der Waals surface area contributed by atoms with Crippen LogP contribution in [-0.2, 0) is 0 Å². The van der Waals surface area contributed by atoms with E-state index in [1.807, 2.05) is 0 Å². The van der Waals surface area contributed by atoms with Gasteiger partial charge in [-0.2, -0.15) is 0 Å². The Morgan fingerprint density at radius 2 is 1.95 bits per heavy atom. The molecule has 0 spiro atoms. The normalized spacial score (nSPS) is 41.4. The highest BCUT2D eigenvalue weighted by molar-refractivity contribution is 4.95. The van der Waals surface area contributed by atoms with E-state index < -0.39 is 0 Å². The third kappa shape index (κ3) is 3.72. The fourth-order valence-electron chi connectivity index (χ4n) is 4.62. The number of piperidine rings is 1. The van der Waals surface area contributed by atoms with Gasteiger partial charge in [0, 0.05) is 18.6 Å². The summed E-state index contributed by atoms with van der Waals surface area (Å²) in [4.78, 5) is 2.83. The summed E-state index contributed by atoms with van der Waals surface area (Å²) in [6.07, 6.45) is 7.02. The molecular weight excluding hydrogens is 232 g/mol. The molecule has 2 rings (SSSR count). The summed E-state index contributed by atoms with van der Waals surface area (Å²) in [5.41, 5.74) is 0. The predicted octanol–water partition coefficient (Wildman–Crippen LogP) is 3.52.